The second-order valence-corrected chi connectivity index (χ2v) is 6.64. The molecule has 2 nitrogen and oxygen atoms in total. The highest BCUT2D eigenvalue weighted by Crippen LogP contribution is 2.35. The first-order chi connectivity index (χ1) is 9.52. The van der Waals surface area contributed by atoms with Gasteiger partial charge in [-0.2, -0.15) is 0 Å². The van der Waals surface area contributed by atoms with Crippen molar-refractivity contribution in [2.24, 2.45) is 0 Å². The van der Waals surface area contributed by atoms with Gasteiger partial charge in [0, 0.05) is 6.54 Å². The van der Waals surface area contributed by atoms with E-state index in [1.807, 2.05) is 0 Å². The average Bonchev–Trinajstić information content (AvgIpc) is 2.75. The molecule has 1 fully saturated rings. The van der Waals surface area contributed by atoms with Crippen LogP contribution in [0.15, 0.2) is 24.3 Å². The maximum atomic E-state index is 6.19. The van der Waals surface area contributed by atoms with Crippen LogP contribution in [0.25, 0.3) is 0 Å². The zero-order valence-electron chi connectivity index (χ0n) is 13.4. The van der Waals surface area contributed by atoms with Crippen LogP contribution >= 0.6 is 0 Å². The van der Waals surface area contributed by atoms with Crippen molar-refractivity contribution in [1.29, 1.82) is 0 Å². The van der Waals surface area contributed by atoms with E-state index < -0.39 is 0 Å². The summed E-state index contributed by atoms with van der Waals surface area (Å²) in [6.45, 7) is 10.9. The molecule has 1 heterocycles. The fourth-order valence-electron chi connectivity index (χ4n) is 3.24. The van der Waals surface area contributed by atoms with E-state index in [0.717, 1.165) is 19.5 Å². The summed E-state index contributed by atoms with van der Waals surface area (Å²) in [4.78, 5) is 0. The van der Waals surface area contributed by atoms with E-state index >= 15 is 0 Å². The second-order valence-electron chi connectivity index (χ2n) is 6.64. The van der Waals surface area contributed by atoms with E-state index in [0.29, 0.717) is 12.0 Å². The lowest BCUT2D eigenvalue weighted by molar-refractivity contribution is -0.0209. The quantitative estimate of drug-likeness (QED) is 0.846. The molecule has 1 N–H and O–H groups in total. The van der Waals surface area contributed by atoms with E-state index in [9.17, 15) is 0 Å². The SMILES string of the molecule is CCNCC(CC1CCC(C)(C)O1)c1ccccc1C. The van der Waals surface area contributed by atoms with Crippen LogP contribution in [0.2, 0.25) is 0 Å². The van der Waals surface area contributed by atoms with Crippen molar-refractivity contribution >= 4 is 0 Å². The molecule has 20 heavy (non-hydrogen) atoms. The van der Waals surface area contributed by atoms with Crippen molar-refractivity contribution in [2.45, 2.75) is 64.6 Å². The van der Waals surface area contributed by atoms with Crippen LogP contribution in [0.4, 0.5) is 0 Å². The minimum atomic E-state index is 0.0686. The van der Waals surface area contributed by atoms with Gasteiger partial charge in [-0.15, -0.1) is 0 Å². The molecule has 0 spiro atoms. The highest BCUT2D eigenvalue weighted by atomic mass is 16.5. The Kier molecular flexibility index (Phi) is 5.22. The summed E-state index contributed by atoms with van der Waals surface area (Å²) in [6, 6.07) is 8.77. The molecular weight excluding hydrogens is 246 g/mol. The number of likely N-dealkylation sites (N-methyl/N-ethyl adjacent to an activating group) is 1. The summed E-state index contributed by atoms with van der Waals surface area (Å²) >= 11 is 0. The zero-order valence-corrected chi connectivity index (χ0v) is 13.4. The first kappa shape index (κ1) is 15.5. The third-order valence-electron chi connectivity index (χ3n) is 4.37. The Morgan fingerprint density at radius 2 is 2.10 bits per heavy atom. The lowest BCUT2D eigenvalue weighted by atomic mass is 9.89. The molecule has 0 bridgehead atoms. The topological polar surface area (TPSA) is 21.3 Å². The molecule has 1 aliphatic heterocycles. The van der Waals surface area contributed by atoms with Gasteiger partial charge in [-0.1, -0.05) is 31.2 Å². The van der Waals surface area contributed by atoms with E-state index in [1.165, 1.54) is 24.0 Å². The van der Waals surface area contributed by atoms with Crippen molar-refractivity contribution in [3.05, 3.63) is 35.4 Å². The Hall–Kier alpha value is -0.860. The highest BCUT2D eigenvalue weighted by Gasteiger charge is 2.33. The fraction of sp³-hybridized carbons (Fsp3) is 0.667. The molecule has 0 radical (unpaired) electrons. The first-order valence-electron chi connectivity index (χ1n) is 7.96. The van der Waals surface area contributed by atoms with Gasteiger partial charge in [0.25, 0.3) is 0 Å². The molecule has 1 aliphatic rings. The van der Waals surface area contributed by atoms with Gasteiger partial charge in [-0.25, -0.2) is 0 Å². The fourth-order valence-corrected chi connectivity index (χ4v) is 3.24. The normalized spacial score (nSPS) is 22.9. The molecule has 0 saturated carbocycles. The predicted molar refractivity (Wildman–Crippen MR) is 85.3 cm³/mol. The molecular formula is C18H29NO. The monoisotopic (exact) mass is 275 g/mol. The average molecular weight is 275 g/mol. The lowest BCUT2D eigenvalue weighted by Gasteiger charge is -2.25. The molecule has 1 aromatic carbocycles. The number of rotatable bonds is 6. The van der Waals surface area contributed by atoms with Gasteiger partial charge >= 0.3 is 0 Å². The number of nitrogens with one attached hydrogen (secondary N) is 1. The van der Waals surface area contributed by atoms with Gasteiger partial charge < -0.3 is 10.1 Å². The molecule has 2 heteroatoms. The zero-order chi connectivity index (χ0) is 14.6. The van der Waals surface area contributed by atoms with Crippen LogP contribution in [0, 0.1) is 6.92 Å². The van der Waals surface area contributed by atoms with Crippen molar-refractivity contribution in [3.8, 4) is 0 Å². The molecule has 0 amide bonds. The Labute approximate surface area is 123 Å². The highest BCUT2D eigenvalue weighted by molar-refractivity contribution is 5.29. The maximum absolute atomic E-state index is 6.19. The summed E-state index contributed by atoms with van der Waals surface area (Å²) in [5.41, 5.74) is 2.94. The second kappa shape index (κ2) is 6.73. The van der Waals surface area contributed by atoms with Gasteiger partial charge in [0.05, 0.1) is 11.7 Å². The van der Waals surface area contributed by atoms with Crippen molar-refractivity contribution < 1.29 is 4.74 Å². The van der Waals surface area contributed by atoms with E-state index in [-0.39, 0.29) is 5.60 Å². The van der Waals surface area contributed by atoms with Crippen LogP contribution in [-0.2, 0) is 4.74 Å². The smallest absolute Gasteiger partial charge is 0.0631 e. The molecule has 1 aromatic rings. The Bertz CT molecular complexity index is 427. The third-order valence-corrected chi connectivity index (χ3v) is 4.37. The standard InChI is InChI=1S/C18H29NO/c1-5-19-13-15(17-9-7-6-8-14(17)2)12-16-10-11-18(3,4)20-16/h6-9,15-16,19H,5,10-13H2,1-4H3. The Morgan fingerprint density at radius 3 is 2.70 bits per heavy atom. The van der Waals surface area contributed by atoms with Gasteiger partial charge in [0.15, 0.2) is 0 Å². The maximum Gasteiger partial charge on any atom is 0.0631 e. The molecule has 2 unspecified atom stereocenters. The minimum Gasteiger partial charge on any atom is -0.372 e. The number of aryl methyl sites for hydroxylation is 1. The van der Waals surface area contributed by atoms with Gasteiger partial charge in [0.2, 0.25) is 0 Å². The number of ether oxygens (including phenoxy) is 1. The van der Waals surface area contributed by atoms with E-state index in [2.05, 4.69) is 57.3 Å². The molecule has 112 valence electrons. The Morgan fingerprint density at radius 1 is 1.35 bits per heavy atom. The van der Waals surface area contributed by atoms with Crippen LogP contribution in [0.3, 0.4) is 0 Å². The van der Waals surface area contributed by atoms with Gasteiger partial charge in [-0.3, -0.25) is 0 Å². The van der Waals surface area contributed by atoms with Gasteiger partial charge in [0.1, 0.15) is 0 Å². The third kappa shape index (κ3) is 4.07. The molecule has 0 aromatic heterocycles. The molecule has 0 aliphatic carbocycles. The van der Waals surface area contributed by atoms with Crippen molar-refractivity contribution in [2.75, 3.05) is 13.1 Å². The summed E-state index contributed by atoms with van der Waals surface area (Å²) < 4.78 is 6.19. The largest absolute Gasteiger partial charge is 0.372 e. The predicted octanol–water partition coefficient (Wildman–Crippen LogP) is 4.04. The van der Waals surface area contributed by atoms with Crippen LogP contribution in [-0.4, -0.2) is 24.8 Å². The number of benzene rings is 1. The Balaban J connectivity index is 2.06. The lowest BCUT2D eigenvalue weighted by Crippen LogP contribution is -2.26. The van der Waals surface area contributed by atoms with E-state index in [4.69, 9.17) is 4.74 Å². The summed E-state index contributed by atoms with van der Waals surface area (Å²) in [7, 11) is 0. The first-order valence-corrected chi connectivity index (χ1v) is 7.96. The number of hydrogen-bond acceptors (Lipinski definition) is 2. The minimum absolute atomic E-state index is 0.0686. The molecule has 1 saturated heterocycles. The summed E-state index contributed by atoms with van der Waals surface area (Å²) in [6.07, 6.45) is 3.91. The van der Waals surface area contributed by atoms with Gasteiger partial charge in [-0.05, 0) is 63.6 Å². The summed E-state index contributed by atoms with van der Waals surface area (Å²) in [5.74, 6) is 0.551. The molecule has 2 atom stereocenters. The summed E-state index contributed by atoms with van der Waals surface area (Å²) in [5, 5.41) is 3.51. The van der Waals surface area contributed by atoms with E-state index in [1.54, 1.807) is 0 Å². The van der Waals surface area contributed by atoms with Crippen LogP contribution in [0.1, 0.15) is 57.1 Å². The van der Waals surface area contributed by atoms with Crippen molar-refractivity contribution in [3.63, 3.8) is 0 Å². The van der Waals surface area contributed by atoms with Crippen molar-refractivity contribution in [1.82, 2.24) is 5.32 Å². The number of hydrogen-bond donors (Lipinski definition) is 1. The van der Waals surface area contributed by atoms with Crippen LogP contribution < -0.4 is 5.32 Å². The molecule has 2 rings (SSSR count). The van der Waals surface area contributed by atoms with Crippen LogP contribution in [0.5, 0.6) is 0 Å².